The van der Waals surface area contributed by atoms with Crippen LogP contribution in [-0.4, -0.2) is 12.1 Å². The predicted molar refractivity (Wildman–Crippen MR) is 33.3 cm³/mol. The molecule has 2 aliphatic carbocycles. The van der Waals surface area contributed by atoms with Gasteiger partial charge in [-0.25, -0.2) is 0 Å². The van der Waals surface area contributed by atoms with E-state index in [1.54, 1.807) is 0 Å². The van der Waals surface area contributed by atoms with E-state index in [1.807, 2.05) is 0 Å². The van der Waals surface area contributed by atoms with Gasteiger partial charge in [-0.15, -0.1) is 0 Å². The van der Waals surface area contributed by atoms with Crippen molar-refractivity contribution >= 4 is 0 Å². The molecule has 4 atom stereocenters. The Balaban J connectivity index is 2.10. The Labute approximate surface area is 54.4 Å². The largest absolute Gasteiger partial charge is 0.190 e. The van der Waals surface area contributed by atoms with Gasteiger partial charge < -0.3 is 0 Å². The summed E-state index contributed by atoms with van der Waals surface area (Å²) in [6.07, 6.45) is 4.21. The summed E-state index contributed by atoms with van der Waals surface area (Å²) in [5.41, 5.74) is 0. The zero-order valence-corrected chi connectivity index (χ0v) is 5.33. The highest BCUT2D eigenvalue weighted by Gasteiger charge is 2.51. The second kappa shape index (κ2) is 1.20. The van der Waals surface area contributed by atoms with Gasteiger partial charge in [0.05, 0.1) is 12.1 Å². The molecular weight excluding hydrogens is 112 g/mol. The van der Waals surface area contributed by atoms with Gasteiger partial charge in [-0.05, 0) is 25.2 Å². The molecule has 0 aromatic heterocycles. The minimum Gasteiger partial charge on any atom is -0.190 e. The summed E-state index contributed by atoms with van der Waals surface area (Å²) in [5.74, 6) is 1.83. The zero-order valence-electron chi connectivity index (χ0n) is 5.33. The first-order valence-electron chi connectivity index (χ1n) is 3.85. The van der Waals surface area contributed by atoms with Gasteiger partial charge in [0.25, 0.3) is 0 Å². The van der Waals surface area contributed by atoms with Gasteiger partial charge in [0, 0.05) is 5.92 Å². The van der Waals surface area contributed by atoms with E-state index < -0.39 is 0 Å². The standard InChI is InChI=1S/C7H10N2/c1-2-5-6-3-4(1)7(5)9-8-6/h4-7H,1-3H2. The molecule has 0 radical (unpaired) electrons. The normalized spacial score (nSPS) is 59.6. The molecule has 0 N–H and O–H groups in total. The van der Waals surface area contributed by atoms with E-state index in [1.165, 1.54) is 19.3 Å². The van der Waals surface area contributed by atoms with E-state index in [4.69, 9.17) is 0 Å². The summed E-state index contributed by atoms with van der Waals surface area (Å²) < 4.78 is 0. The van der Waals surface area contributed by atoms with Gasteiger partial charge in [-0.1, -0.05) is 0 Å². The van der Waals surface area contributed by atoms with Gasteiger partial charge in [-0.3, -0.25) is 0 Å². The molecule has 4 bridgehead atoms. The van der Waals surface area contributed by atoms with Crippen molar-refractivity contribution in [2.75, 3.05) is 0 Å². The van der Waals surface area contributed by atoms with Crippen LogP contribution in [-0.2, 0) is 0 Å². The summed E-state index contributed by atoms with van der Waals surface area (Å²) in [5, 5.41) is 8.47. The van der Waals surface area contributed by atoms with E-state index in [9.17, 15) is 0 Å². The first-order chi connectivity index (χ1) is 4.45. The molecule has 2 heteroatoms. The Morgan fingerprint density at radius 2 is 2.11 bits per heavy atom. The third-order valence-electron chi connectivity index (χ3n) is 3.18. The zero-order chi connectivity index (χ0) is 5.84. The summed E-state index contributed by atoms with van der Waals surface area (Å²) in [4.78, 5) is 0. The molecule has 4 unspecified atom stereocenters. The van der Waals surface area contributed by atoms with Crippen LogP contribution < -0.4 is 0 Å². The first-order valence-corrected chi connectivity index (χ1v) is 3.85. The molecule has 0 aromatic carbocycles. The van der Waals surface area contributed by atoms with Crippen LogP contribution in [0.1, 0.15) is 19.3 Å². The molecule has 0 aromatic rings. The monoisotopic (exact) mass is 122 g/mol. The Bertz CT molecular complexity index is 176. The van der Waals surface area contributed by atoms with Gasteiger partial charge in [0.2, 0.25) is 0 Å². The van der Waals surface area contributed by atoms with Crippen LogP contribution in [0.2, 0.25) is 0 Å². The lowest BCUT2D eigenvalue weighted by Crippen LogP contribution is -2.11. The van der Waals surface area contributed by atoms with E-state index in [0.717, 1.165) is 11.8 Å². The second-order valence-corrected chi connectivity index (χ2v) is 3.53. The average molecular weight is 122 g/mol. The molecule has 0 saturated heterocycles. The summed E-state index contributed by atoms with van der Waals surface area (Å²) in [6.45, 7) is 0. The smallest absolute Gasteiger partial charge is 0.0786 e. The highest BCUT2D eigenvalue weighted by molar-refractivity contribution is 5.07. The van der Waals surface area contributed by atoms with Crippen LogP contribution >= 0.6 is 0 Å². The molecule has 2 fully saturated rings. The average Bonchev–Trinajstić information content (AvgIpc) is 2.50. The predicted octanol–water partition coefficient (Wildman–Crippen LogP) is 1.62. The molecule has 3 rings (SSSR count). The molecule has 0 spiro atoms. The molecule has 48 valence electrons. The van der Waals surface area contributed by atoms with Crippen molar-refractivity contribution in [1.82, 2.24) is 0 Å². The van der Waals surface area contributed by atoms with Gasteiger partial charge in [-0.2, -0.15) is 10.2 Å². The SMILES string of the molecule is C1CC2C3CC1C2N=N3. The van der Waals surface area contributed by atoms with E-state index in [0.29, 0.717) is 12.1 Å². The minimum absolute atomic E-state index is 0.661. The maximum Gasteiger partial charge on any atom is 0.0786 e. The van der Waals surface area contributed by atoms with Gasteiger partial charge in [0.15, 0.2) is 0 Å². The van der Waals surface area contributed by atoms with Crippen LogP contribution in [0.15, 0.2) is 10.2 Å². The number of rotatable bonds is 0. The molecule has 2 saturated carbocycles. The molecule has 3 aliphatic rings. The number of hydrogen-bond acceptors (Lipinski definition) is 2. The van der Waals surface area contributed by atoms with Crippen LogP contribution in [0, 0.1) is 11.8 Å². The van der Waals surface area contributed by atoms with Gasteiger partial charge in [0.1, 0.15) is 0 Å². The van der Waals surface area contributed by atoms with Crippen molar-refractivity contribution in [3.8, 4) is 0 Å². The van der Waals surface area contributed by atoms with Crippen molar-refractivity contribution in [2.45, 2.75) is 31.3 Å². The lowest BCUT2D eigenvalue weighted by Gasteiger charge is -2.14. The maximum atomic E-state index is 4.25. The molecule has 2 nitrogen and oxygen atoms in total. The fourth-order valence-electron chi connectivity index (χ4n) is 2.74. The van der Waals surface area contributed by atoms with E-state index in [-0.39, 0.29) is 0 Å². The summed E-state index contributed by atoms with van der Waals surface area (Å²) in [6, 6.07) is 1.34. The molecule has 1 aliphatic heterocycles. The first kappa shape index (κ1) is 4.42. The molecule has 0 amide bonds. The van der Waals surface area contributed by atoms with Crippen molar-refractivity contribution in [3.63, 3.8) is 0 Å². The van der Waals surface area contributed by atoms with Gasteiger partial charge >= 0.3 is 0 Å². The Kier molecular flexibility index (Phi) is 0.590. The third-order valence-corrected chi connectivity index (χ3v) is 3.18. The van der Waals surface area contributed by atoms with E-state index >= 15 is 0 Å². The molecule has 9 heavy (non-hydrogen) atoms. The molecule has 1 heterocycles. The summed E-state index contributed by atoms with van der Waals surface area (Å²) in [7, 11) is 0. The van der Waals surface area contributed by atoms with Crippen LogP contribution in [0.4, 0.5) is 0 Å². The van der Waals surface area contributed by atoms with E-state index in [2.05, 4.69) is 10.2 Å². The minimum atomic E-state index is 0.661. The fraction of sp³-hybridized carbons (Fsp3) is 1.00. The van der Waals surface area contributed by atoms with Crippen molar-refractivity contribution in [2.24, 2.45) is 22.1 Å². The second-order valence-electron chi connectivity index (χ2n) is 3.53. The highest BCUT2D eigenvalue weighted by Crippen LogP contribution is 2.51. The van der Waals surface area contributed by atoms with Crippen molar-refractivity contribution < 1.29 is 0 Å². The topological polar surface area (TPSA) is 24.7 Å². The van der Waals surface area contributed by atoms with Crippen molar-refractivity contribution in [1.29, 1.82) is 0 Å². The Morgan fingerprint density at radius 3 is 2.67 bits per heavy atom. The number of hydrogen-bond donors (Lipinski definition) is 0. The molecular formula is C7H10N2. The Hall–Kier alpha value is -0.400. The van der Waals surface area contributed by atoms with Crippen LogP contribution in [0.25, 0.3) is 0 Å². The number of nitrogens with zero attached hydrogens (tertiary/aromatic N) is 2. The van der Waals surface area contributed by atoms with Crippen LogP contribution in [0.3, 0.4) is 0 Å². The lowest BCUT2D eigenvalue weighted by molar-refractivity contribution is 0.407. The Morgan fingerprint density at radius 1 is 1.11 bits per heavy atom. The van der Waals surface area contributed by atoms with Crippen molar-refractivity contribution in [3.05, 3.63) is 0 Å². The third kappa shape index (κ3) is 0.364. The summed E-state index contributed by atoms with van der Waals surface area (Å²) >= 11 is 0. The maximum absolute atomic E-state index is 4.25. The quantitative estimate of drug-likeness (QED) is 0.466. The highest BCUT2D eigenvalue weighted by atomic mass is 15.2. The lowest BCUT2D eigenvalue weighted by atomic mass is 9.96. The number of azo groups is 1. The van der Waals surface area contributed by atoms with Crippen LogP contribution in [0.5, 0.6) is 0 Å². The fourth-order valence-corrected chi connectivity index (χ4v) is 2.74.